The van der Waals surface area contributed by atoms with Crippen molar-refractivity contribution in [3.8, 4) is 0 Å². The van der Waals surface area contributed by atoms with Crippen molar-refractivity contribution in [1.29, 1.82) is 0 Å². The molecule has 1 aromatic rings. The van der Waals surface area contributed by atoms with E-state index in [-0.39, 0.29) is 6.03 Å². The highest BCUT2D eigenvalue weighted by Gasteiger charge is 2.22. The summed E-state index contributed by atoms with van der Waals surface area (Å²) < 4.78 is 0. The molecule has 0 radical (unpaired) electrons. The summed E-state index contributed by atoms with van der Waals surface area (Å²) in [5.74, 6) is 0. The number of urea groups is 2. The molecule has 3 N–H and O–H groups in total. The number of anilines is 2. The number of nitrogens with one attached hydrogen (secondary N) is 1. The maximum absolute atomic E-state index is 12.3. The van der Waals surface area contributed by atoms with Crippen molar-refractivity contribution in [3.05, 3.63) is 24.3 Å². The summed E-state index contributed by atoms with van der Waals surface area (Å²) in [6, 6.07) is 7.26. The number of primary amides is 1. The van der Waals surface area contributed by atoms with Crippen LogP contribution in [0.1, 0.15) is 19.8 Å². The molecule has 132 valence electrons. The van der Waals surface area contributed by atoms with Crippen LogP contribution < -0.4 is 16.0 Å². The second-order valence-corrected chi connectivity index (χ2v) is 6.06. The average molecular weight is 333 g/mol. The van der Waals surface area contributed by atoms with E-state index < -0.39 is 6.03 Å². The van der Waals surface area contributed by atoms with Crippen molar-refractivity contribution in [3.63, 3.8) is 0 Å². The minimum absolute atomic E-state index is 0.147. The second-order valence-electron chi connectivity index (χ2n) is 6.06. The molecule has 0 aliphatic carbocycles. The quantitative estimate of drug-likeness (QED) is 0.866. The molecule has 0 saturated carbocycles. The maximum Gasteiger partial charge on any atom is 0.321 e. The number of hydrogen-bond donors (Lipinski definition) is 2. The third-order valence-electron chi connectivity index (χ3n) is 4.28. The predicted octanol–water partition coefficient (Wildman–Crippen LogP) is 2.15. The highest BCUT2D eigenvalue weighted by molar-refractivity contribution is 5.89. The van der Waals surface area contributed by atoms with Crippen molar-refractivity contribution in [1.82, 2.24) is 9.80 Å². The fraction of sp³-hybridized carbons (Fsp3) is 0.529. The van der Waals surface area contributed by atoms with Crippen molar-refractivity contribution in [2.75, 3.05) is 50.0 Å². The molecular formula is C17H27N5O2. The molecule has 7 nitrogen and oxygen atoms in total. The molecule has 0 unspecified atom stereocenters. The van der Waals surface area contributed by atoms with Gasteiger partial charge in [0.2, 0.25) is 0 Å². The molecule has 1 aromatic carbocycles. The van der Waals surface area contributed by atoms with Crippen LogP contribution in [0.2, 0.25) is 0 Å². The van der Waals surface area contributed by atoms with Gasteiger partial charge in [0.15, 0.2) is 0 Å². The Balaban J connectivity index is 1.85. The van der Waals surface area contributed by atoms with E-state index in [2.05, 4.69) is 24.2 Å². The molecule has 4 amide bonds. The fourth-order valence-electron chi connectivity index (χ4n) is 2.66. The van der Waals surface area contributed by atoms with Gasteiger partial charge >= 0.3 is 12.1 Å². The number of rotatable bonds is 5. The molecule has 0 bridgehead atoms. The molecule has 1 saturated heterocycles. The van der Waals surface area contributed by atoms with E-state index in [4.69, 9.17) is 5.73 Å². The number of hydrogen-bond acceptors (Lipinski definition) is 3. The van der Waals surface area contributed by atoms with Crippen molar-refractivity contribution < 1.29 is 9.59 Å². The van der Waals surface area contributed by atoms with Gasteiger partial charge in [-0.15, -0.1) is 0 Å². The first kappa shape index (κ1) is 17.9. The molecule has 0 spiro atoms. The SMILES string of the molecule is CCCCN(C)c1ccc(NC(=O)N2CCN(C(N)=O)CC2)cc1. The monoisotopic (exact) mass is 333 g/mol. The van der Waals surface area contributed by atoms with E-state index in [1.54, 1.807) is 9.80 Å². The lowest BCUT2D eigenvalue weighted by atomic mass is 10.2. The van der Waals surface area contributed by atoms with Gasteiger partial charge in [0.25, 0.3) is 0 Å². The van der Waals surface area contributed by atoms with Crippen LogP contribution in [-0.2, 0) is 0 Å². The maximum atomic E-state index is 12.3. The third kappa shape index (κ3) is 4.78. The number of carbonyl (C=O) groups excluding carboxylic acids is 2. The number of unbranched alkanes of at least 4 members (excludes halogenated alkanes) is 1. The molecule has 1 aliphatic heterocycles. The van der Waals surface area contributed by atoms with Gasteiger partial charge in [-0.05, 0) is 30.7 Å². The zero-order valence-electron chi connectivity index (χ0n) is 14.5. The summed E-state index contributed by atoms with van der Waals surface area (Å²) in [4.78, 5) is 28.8. The van der Waals surface area contributed by atoms with Crippen LogP contribution in [0.25, 0.3) is 0 Å². The predicted molar refractivity (Wildman–Crippen MR) is 96.4 cm³/mol. The Bertz CT molecular complexity index is 553. The molecule has 2 rings (SSSR count). The van der Waals surface area contributed by atoms with Crippen LogP contribution in [0.3, 0.4) is 0 Å². The average Bonchev–Trinajstić information content (AvgIpc) is 2.60. The van der Waals surface area contributed by atoms with E-state index in [1.165, 1.54) is 6.42 Å². The van der Waals surface area contributed by atoms with Gasteiger partial charge in [0, 0.05) is 51.1 Å². The van der Waals surface area contributed by atoms with Gasteiger partial charge in [-0.1, -0.05) is 13.3 Å². The van der Waals surface area contributed by atoms with E-state index in [1.807, 2.05) is 24.3 Å². The number of amides is 4. The van der Waals surface area contributed by atoms with Gasteiger partial charge in [-0.3, -0.25) is 0 Å². The van der Waals surface area contributed by atoms with Crippen LogP contribution >= 0.6 is 0 Å². The highest BCUT2D eigenvalue weighted by atomic mass is 16.2. The number of nitrogens with zero attached hydrogens (tertiary/aromatic N) is 3. The Hall–Kier alpha value is -2.44. The Morgan fingerprint density at radius 1 is 1.12 bits per heavy atom. The third-order valence-corrected chi connectivity index (χ3v) is 4.28. The van der Waals surface area contributed by atoms with Gasteiger partial charge < -0.3 is 25.8 Å². The Labute approximate surface area is 143 Å². The lowest BCUT2D eigenvalue weighted by molar-refractivity contribution is 0.154. The summed E-state index contributed by atoms with van der Waals surface area (Å²) in [5, 5.41) is 2.90. The first-order chi connectivity index (χ1) is 11.5. The topological polar surface area (TPSA) is 81.9 Å². The lowest BCUT2D eigenvalue weighted by Gasteiger charge is -2.33. The van der Waals surface area contributed by atoms with Crippen molar-refractivity contribution >= 4 is 23.4 Å². The molecule has 0 aromatic heterocycles. The number of benzene rings is 1. The molecule has 1 heterocycles. The van der Waals surface area contributed by atoms with E-state index in [0.717, 1.165) is 24.3 Å². The number of nitrogens with two attached hydrogens (primary N) is 1. The van der Waals surface area contributed by atoms with Crippen molar-refractivity contribution in [2.24, 2.45) is 5.73 Å². The summed E-state index contributed by atoms with van der Waals surface area (Å²) in [6.07, 6.45) is 2.33. The smallest absolute Gasteiger partial charge is 0.321 e. The van der Waals surface area contributed by atoms with Gasteiger partial charge in [-0.25, -0.2) is 9.59 Å². The molecule has 1 fully saturated rings. The molecule has 24 heavy (non-hydrogen) atoms. The Morgan fingerprint density at radius 3 is 2.25 bits per heavy atom. The molecule has 1 aliphatic rings. The fourth-order valence-corrected chi connectivity index (χ4v) is 2.66. The first-order valence-electron chi connectivity index (χ1n) is 8.42. The van der Waals surface area contributed by atoms with Crippen LogP contribution in [-0.4, -0.2) is 61.6 Å². The van der Waals surface area contributed by atoms with Crippen LogP contribution in [0.4, 0.5) is 21.0 Å². The van der Waals surface area contributed by atoms with Gasteiger partial charge in [-0.2, -0.15) is 0 Å². The summed E-state index contributed by atoms with van der Waals surface area (Å²) in [7, 11) is 2.07. The normalized spacial score (nSPS) is 14.4. The van der Waals surface area contributed by atoms with E-state index in [9.17, 15) is 9.59 Å². The highest BCUT2D eigenvalue weighted by Crippen LogP contribution is 2.18. The van der Waals surface area contributed by atoms with E-state index in [0.29, 0.717) is 26.2 Å². The number of piperazine rings is 1. The van der Waals surface area contributed by atoms with Gasteiger partial charge in [0.05, 0.1) is 0 Å². The Morgan fingerprint density at radius 2 is 1.71 bits per heavy atom. The zero-order chi connectivity index (χ0) is 17.5. The summed E-state index contributed by atoms with van der Waals surface area (Å²) in [6.45, 7) is 5.13. The lowest BCUT2D eigenvalue weighted by Crippen LogP contribution is -2.53. The number of carbonyl (C=O) groups is 2. The molecule has 7 heteroatoms. The summed E-state index contributed by atoms with van der Waals surface area (Å²) >= 11 is 0. The van der Waals surface area contributed by atoms with E-state index >= 15 is 0 Å². The minimum Gasteiger partial charge on any atom is -0.375 e. The van der Waals surface area contributed by atoms with Crippen LogP contribution in [0.5, 0.6) is 0 Å². The summed E-state index contributed by atoms with van der Waals surface area (Å²) in [5.41, 5.74) is 7.15. The molecule has 0 atom stereocenters. The van der Waals surface area contributed by atoms with Crippen LogP contribution in [0, 0.1) is 0 Å². The van der Waals surface area contributed by atoms with Gasteiger partial charge in [0.1, 0.15) is 0 Å². The standard InChI is InChI=1S/C17H27N5O2/c1-3-4-9-20(2)15-7-5-14(6-8-15)19-17(24)22-12-10-21(11-13-22)16(18)23/h5-8H,3-4,9-13H2,1-2H3,(H2,18,23)(H,19,24). The molecular weight excluding hydrogens is 306 g/mol. The Kier molecular flexibility index (Phi) is 6.28. The second kappa shape index (κ2) is 8.42. The first-order valence-corrected chi connectivity index (χ1v) is 8.42. The van der Waals surface area contributed by atoms with Crippen molar-refractivity contribution in [2.45, 2.75) is 19.8 Å². The van der Waals surface area contributed by atoms with Crippen LogP contribution in [0.15, 0.2) is 24.3 Å². The zero-order valence-corrected chi connectivity index (χ0v) is 14.5. The largest absolute Gasteiger partial charge is 0.375 e. The minimum atomic E-state index is -0.433.